The molecule has 0 aliphatic heterocycles. The van der Waals surface area contributed by atoms with Gasteiger partial charge in [-0.25, -0.2) is 10.4 Å². The molecule has 0 aliphatic carbocycles. The summed E-state index contributed by atoms with van der Waals surface area (Å²) >= 11 is 4.86. The molecule has 2 heterocycles. The highest BCUT2D eigenvalue weighted by atomic mass is 79.9. The smallest absolute Gasteiger partial charge is 0.263 e. The number of hydrogen-bond acceptors (Lipinski definition) is 7. The number of carbonyl (C=O) groups excluding carboxylic acids is 1. The first kappa shape index (κ1) is 24.6. The van der Waals surface area contributed by atoms with Gasteiger partial charge in [0.25, 0.3) is 11.5 Å². The van der Waals surface area contributed by atoms with Gasteiger partial charge in [-0.3, -0.25) is 14.2 Å². The summed E-state index contributed by atoms with van der Waals surface area (Å²) in [6.45, 7) is 4.18. The van der Waals surface area contributed by atoms with Crippen molar-refractivity contribution in [3.05, 3.63) is 74.1 Å². The number of nitrogens with one attached hydrogen (secondary N) is 1. The van der Waals surface area contributed by atoms with E-state index in [9.17, 15) is 9.59 Å². The summed E-state index contributed by atoms with van der Waals surface area (Å²) in [5.41, 5.74) is 5.76. The van der Waals surface area contributed by atoms with Crippen LogP contribution in [-0.4, -0.2) is 35.4 Å². The van der Waals surface area contributed by atoms with Gasteiger partial charge in [-0.15, -0.1) is 11.3 Å². The number of amides is 1. The van der Waals surface area contributed by atoms with Crippen LogP contribution < -0.4 is 20.5 Å². The second-order valence-corrected chi connectivity index (χ2v) is 9.35. The number of hydrazone groups is 1. The Hall–Kier alpha value is -3.50. The fourth-order valence-electron chi connectivity index (χ4n) is 3.49. The van der Waals surface area contributed by atoms with Gasteiger partial charge in [0.2, 0.25) is 0 Å². The topological polar surface area (TPSA) is 94.8 Å². The molecule has 35 heavy (non-hydrogen) atoms. The molecule has 10 heteroatoms. The summed E-state index contributed by atoms with van der Waals surface area (Å²) in [5, 5.41) is 6.43. The molecular weight excluding hydrogens is 532 g/mol. The lowest BCUT2D eigenvalue weighted by atomic mass is 10.1. The van der Waals surface area contributed by atoms with Crippen LogP contribution in [0.3, 0.4) is 0 Å². The number of hydrogen-bond donors (Lipinski definition) is 1. The zero-order valence-corrected chi connectivity index (χ0v) is 21.8. The maximum absolute atomic E-state index is 13.2. The van der Waals surface area contributed by atoms with Gasteiger partial charge in [0, 0.05) is 10.9 Å². The quantitative estimate of drug-likeness (QED) is 0.250. The van der Waals surface area contributed by atoms with Crippen molar-refractivity contribution in [2.45, 2.75) is 20.4 Å². The summed E-state index contributed by atoms with van der Waals surface area (Å²) in [6.07, 6.45) is 2.87. The minimum Gasteiger partial charge on any atom is -0.493 e. The molecule has 0 aliphatic rings. The van der Waals surface area contributed by atoms with E-state index in [0.29, 0.717) is 38.4 Å². The van der Waals surface area contributed by atoms with Crippen LogP contribution in [0.5, 0.6) is 11.5 Å². The summed E-state index contributed by atoms with van der Waals surface area (Å²) < 4.78 is 12.9. The van der Waals surface area contributed by atoms with E-state index in [1.54, 1.807) is 19.2 Å². The van der Waals surface area contributed by atoms with Crippen molar-refractivity contribution < 1.29 is 14.3 Å². The Kier molecular flexibility index (Phi) is 7.62. The molecule has 2 aromatic heterocycles. The second-order valence-electron chi connectivity index (χ2n) is 7.63. The first-order valence-corrected chi connectivity index (χ1v) is 12.4. The van der Waals surface area contributed by atoms with Crippen LogP contribution in [0.1, 0.15) is 18.1 Å². The predicted molar refractivity (Wildman–Crippen MR) is 142 cm³/mol. The molecule has 0 saturated heterocycles. The Balaban J connectivity index is 1.51. The van der Waals surface area contributed by atoms with E-state index in [-0.39, 0.29) is 12.1 Å². The third kappa shape index (κ3) is 5.44. The van der Waals surface area contributed by atoms with Crippen molar-refractivity contribution in [1.82, 2.24) is 15.0 Å². The zero-order valence-electron chi connectivity index (χ0n) is 19.4. The number of fused-ring (bicyclic) bond motifs is 1. The molecule has 4 rings (SSSR count). The second kappa shape index (κ2) is 10.8. The van der Waals surface area contributed by atoms with Gasteiger partial charge in [0.05, 0.1) is 36.1 Å². The largest absolute Gasteiger partial charge is 0.493 e. The molecule has 1 N–H and O–H groups in total. The van der Waals surface area contributed by atoms with E-state index in [2.05, 4.69) is 31.4 Å². The molecule has 8 nitrogen and oxygen atoms in total. The third-order valence-corrected chi connectivity index (χ3v) is 6.66. The van der Waals surface area contributed by atoms with Crippen LogP contribution in [0.2, 0.25) is 0 Å². The first-order valence-electron chi connectivity index (χ1n) is 10.8. The highest BCUT2D eigenvalue weighted by molar-refractivity contribution is 9.10. The number of aromatic nitrogens is 2. The van der Waals surface area contributed by atoms with Crippen molar-refractivity contribution in [3.8, 4) is 22.6 Å². The molecule has 0 atom stereocenters. The molecule has 180 valence electrons. The maximum atomic E-state index is 13.2. The maximum Gasteiger partial charge on any atom is 0.263 e. The summed E-state index contributed by atoms with van der Waals surface area (Å²) in [6, 6.07) is 11.5. The summed E-state index contributed by atoms with van der Waals surface area (Å²) in [5.74, 6) is 0.686. The lowest BCUT2D eigenvalue weighted by molar-refractivity contribution is -0.121. The number of thiophene rings is 1. The number of nitrogens with zero attached hydrogens (tertiary/aromatic N) is 3. The van der Waals surface area contributed by atoms with E-state index >= 15 is 0 Å². The van der Waals surface area contributed by atoms with Crippen molar-refractivity contribution in [3.63, 3.8) is 0 Å². The van der Waals surface area contributed by atoms with Crippen LogP contribution in [0.15, 0.2) is 62.5 Å². The van der Waals surface area contributed by atoms with Crippen molar-refractivity contribution >= 4 is 49.6 Å². The van der Waals surface area contributed by atoms with Crippen LogP contribution in [0.4, 0.5) is 0 Å². The molecule has 0 unspecified atom stereocenters. The van der Waals surface area contributed by atoms with Gasteiger partial charge in [-0.05, 0) is 53.0 Å². The normalized spacial score (nSPS) is 11.2. The summed E-state index contributed by atoms with van der Waals surface area (Å²) in [4.78, 5) is 30.6. The minimum absolute atomic E-state index is 0.210. The SMILES string of the molecule is CCOc1c(Br)cc(/C=N\NC(=O)Cn2cnc3scc(-c4ccc(C)cc4)c3c2=O)cc1OC. The van der Waals surface area contributed by atoms with Gasteiger partial charge in [-0.1, -0.05) is 29.8 Å². The Labute approximate surface area is 214 Å². The van der Waals surface area contributed by atoms with Crippen molar-refractivity contribution in [2.75, 3.05) is 13.7 Å². The molecular formula is C25H23BrN4O4S. The number of aryl methyl sites for hydroxylation is 1. The average Bonchev–Trinajstić information content (AvgIpc) is 3.28. The number of carbonyl (C=O) groups is 1. The van der Waals surface area contributed by atoms with E-state index in [4.69, 9.17) is 9.47 Å². The molecule has 0 radical (unpaired) electrons. The van der Waals surface area contributed by atoms with Crippen molar-refractivity contribution in [2.24, 2.45) is 5.10 Å². The molecule has 2 aromatic carbocycles. The highest BCUT2D eigenvalue weighted by Gasteiger charge is 2.15. The fraction of sp³-hybridized carbons (Fsp3) is 0.200. The lowest BCUT2D eigenvalue weighted by Gasteiger charge is -2.12. The number of benzene rings is 2. The van der Waals surface area contributed by atoms with E-state index in [1.807, 2.05) is 43.5 Å². The Morgan fingerprint density at radius 1 is 1.29 bits per heavy atom. The van der Waals surface area contributed by atoms with Crippen LogP contribution in [0.25, 0.3) is 21.3 Å². The summed E-state index contributed by atoms with van der Waals surface area (Å²) in [7, 11) is 1.55. The fourth-order valence-corrected chi connectivity index (χ4v) is 4.97. The molecule has 1 amide bonds. The van der Waals surface area contributed by atoms with Gasteiger partial charge in [0.15, 0.2) is 11.5 Å². The van der Waals surface area contributed by atoms with E-state index in [0.717, 1.165) is 16.7 Å². The predicted octanol–water partition coefficient (Wildman–Crippen LogP) is 4.75. The number of halogens is 1. The van der Waals surface area contributed by atoms with Gasteiger partial charge < -0.3 is 9.47 Å². The minimum atomic E-state index is -0.450. The number of methoxy groups -OCH3 is 1. The van der Waals surface area contributed by atoms with E-state index in [1.165, 1.54) is 28.4 Å². The Morgan fingerprint density at radius 3 is 2.77 bits per heavy atom. The standard InChI is InChI=1S/C25H23BrN4O4S/c1-4-34-23-19(26)9-16(10-20(23)33-3)11-28-29-21(31)12-30-14-27-24-22(25(30)32)18(13-35-24)17-7-5-15(2)6-8-17/h5-11,13-14H,4,12H2,1-3H3,(H,29,31)/b28-11-. The third-order valence-electron chi connectivity index (χ3n) is 5.18. The Morgan fingerprint density at radius 2 is 2.06 bits per heavy atom. The molecule has 0 spiro atoms. The van der Waals surface area contributed by atoms with Gasteiger partial charge in [0.1, 0.15) is 11.4 Å². The van der Waals surface area contributed by atoms with Gasteiger partial charge in [-0.2, -0.15) is 5.10 Å². The lowest BCUT2D eigenvalue weighted by Crippen LogP contribution is -2.30. The van der Waals surface area contributed by atoms with Gasteiger partial charge >= 0.3 is 0 Å². The Bertz CT molecular complexity index is 1460. The molecule has 0 saturated carbocycles. The zero-order chi connectivity index (χ0) is 24.9. The average molecular weight is 555 g/mol. The van der Waals surface area contributed by atoms with E-state index < -0.39 is 5.91 Å². The molecule has 4 aromatic rings. The highest BCUT2D eigenvalue weighted by Crippen LogP contribution is 2.36. The number of rotatable bonds is 8. The van der Waals surface area contributed by atoms with Crippen LogP contribution in [-0.2, 0) is 11.3 Å². The molecule has 0 bridgehead atoms. The first-order chi connectivity index (χ1) is 16.9. The molecule has 0 fully saturated rings. The van der Waals surface area contributed by atoms with Crippen LogP contribution in [0, 0.1) is 6.92 Å². The van der Waals surface area contributed by atoms with Crippen molar-refractivity contribution in [1.29, 1.82) is 0 Å². The monoisotopic (exact) mass is 554 g/mol. The van der Waals surface area contributed by atoms with Crippen LogP contribution >= 0.6 is 27.3 Å². The number of ether oxygens (including phenoxy) is 2.